The Hall–Kier alpha value is -1.33. The summed E-state index contributed by atoms with van der Waals surface area (Å²) in [6.07, 6.45) is 0. The van der Waals surface area contributed by atoms with E-state index in [1.807, 2.05) is 0 Å². The number of phenols is 1. The van der Waals surface area contributed by atoms with E-state index in [1.165, 1.54) is 18.2 Å². The Balaban J connectivity index is 2.74. The van der Waals surface area contributed by atoms with Gasteiger partial charge < -0.3 is 16.2 Å². The number of carbonyl (C=O) groups is 1. The number of benzene rings is 1. The molecular formula is C9H9ClN2O2S. The molecule has 0 saturated carbocycles. The zero-order valence-corrected chi connectivity index (χ0v) is 9.23. The number of nitrogens with two attached hydrogens (primary N) is 1. The summed E-state index contributed by atoms with van der Waals surface area (Å²) < 4.78 is 0. The lowest BCUT2D eigenvalue weighted by Gasteiger charge is -2.04. The second-order valence-electron chi connectivity index (χ2n) is 2.82. The van der Waals surface area contributed by atoms with Crippen LogP contribution in [0.1, 0.15) is 10.4 Å². The summed E-state index contributed by atoms with van der Waals surface area (Å²) in [6.45, 7) is 0.132. The monoisotopic (exact) mass is 244 g/mol. The molecule has 0 heterocycles. The summed E-state index contributed by atoms with van der Waals surface area (Å²) in [5.74, 6) is -0.410. The number of rotatable bonds is 3. The first-order valence-corrected chi connectivity index (χ1v) is 4.84. The van der Waals surface area contributed by atoms with Crippen LogP contribution in [0.5, 0.6) is 5.75 Å². The van der Waals surface area contributed by atoms with Gasteiger partial charge in [-0.1, -0.05) is 23.8 Å². The SMILES string of the molecule is NC(=S)CNC(=O)c1ccc(O)c(Cl)c1. The number of hydrogen-bond acceptors (Lipinski definition) is 3. The van der Waals surface area contributed by atoms with E-state index < -0.39 is 0 Å². The highest BCUT2D eigenvalue weighted by Gasteiger charge is 2.07. The van der Waals surface area contributed by atoms with Crippen LogP contribution < -0.4 is 11.1 Å². The Morgan fingerprint density at radius 2 is 2.27 bits per heavy atom. The first-order valence-electron chi connectivity index (χ1n) is 4.05. The van der Waals surface area contributed by atoms with Crippen molar-refractivity contribution < 1.29 is 9.90 Å². The lowest BCUT2D eigenvalue weighted by atomic mass is 10.2. The Labute approximate surface area is 97.0 Å². The molecular weight excluding hydrogens is 236 g/mol. The van der Waals surface area contributed by atoms with Crippen LogP contribution >= 0.6 is 23.8 Å². The molecule has 1 amide bonds. The summed E-state index contributed by atoms with van der Waals surface area (Å²) in [4.78, 5) is 11.6. The molecule has 0 aromatic heterocycles. The number of nitrogens with one attached hydrogen (secondary N) is 1. The van der Waals surface area contributed by atoms with Crippen LogP contribution in [0, 0.1) is 0 Å². The molecule has 0 fully saturated rings. The van der Waals surface area contributed by atoms with Gasteiger partial charge in [0.1, 0.15) is 5.75 Å². The Kier molecular flexibility index (Phi) is 3.88. The summed E-state index contributed by atoms with van der Waals surface area (Å²) in [5, 5.41) is 11.8. The van der Waals surface area contributed by atoms with Crippen LogP contribution in [0.25, 0.3) is 0 Å². The molecule has 0 spiro atoms. The first kappa shape index (κ1) is 11.7. The molecule has 80 valence electrons. The van der Waals surface area contributed by atoms with Gasteiger partial charge >= 0.3 is 0 Å². The third-order valence-electron chi connectivity index (χ3n) is 1.63. The third-order valence-corrected chi connectivity index (χ3v) is 2.08. The van der Waals surface area contributed by atoms with E-state index in [9.17, 15) is 4.79 Å². The molecule has 6 heteroatoms. The number of halogens is 1. The van der Waals surface area contributed by atoms with Crippen molar-refractivity contribution in [2.45, 2.75) is 0 Å². The van der Waals surface area contributed by atoms with E-state index in [1.54, 1.807) is 0 Å². The molecule has 0 aliphatic rings. The predicted molar refractivity (Wildman–Crippen MR) is 62.2 cm³/mol. The normalized spacial score (nSPS) is 9.67. The molecule has 1 rings (SSSR count). The molecule has 0 atom stereocenters. The zero-order chi connectivity index (χ0) is 11.4. The van der Waals surface area contributed by atoms with E-state index in [0.717, 1.165) is 0 Å². The molecule has 1 aromatic carbocycles. The molecule has 15 heavy (non-hydrogen) atoms. The highest BCUT2D eigenvalue weighted by atomic mass is 35.5. The van der Waals surface area contributed by atoms with Gasteiger partial charge in [-0.2, -0.15) is 0 Å². The molecule has 0 aliphatic heterocycles. The molecule has 0 bridgehead atoms. The summed E-state index contributed by atoms with van der Waals surface area (Å²) in [5.41, 5.74) is 5.57. The second-order valence-corrected chi connectivity index (χ2v) is 3.75. The fourth-order valence-corrected chi connectivity index (χ4v) is 1.17. The maximum Gasteiger partial charge on any atom is 0.251 e. The number of carbonyl (C=O) groups excluding carboxylic acids is 1. The Morgan fingerprint density at radius 3 is 2.80 bits per heavy atom. The Bertz CT molecular complexity index is 409. The van der Waals surface area contributed by atoms with Gasteiger partial charge in [-0.15, -0.1) is 0 Å². The molecule has 4 nitrogen and oxygen atoms in total. The minimum Gasteiger partial charge on any atom is -0.506 e. The zero-order valence-electron chi connectivity index (χ0n) is 7.66. The van der Waals surface area contributed by atoms with Crippen LogP contribution in [0.2, 0.25) is 5.02 Å². The molecule has 0 unspecified atom stereocenters. The van der Waals surface area contributed by atoms with E-state index in [4.69, 9.17) is 22.4 Å². The van der Waals surface area contributed by atoms with Crippen LogP contribution in [0.4, 0.5) is 0 Å². The largest absolute Gasteiger partial charge is 0.506 e. The second kappa shape index (κ2) is 4.95. The minimum absolute atomic E-state index is 0.0671. The van der Waals surface area contributed by atoms with Crippen molar-refractivity contribution in [1.29, 1.82) is 0 Å². The lowest BCUT2D eigenvalue weighted by Crippen LogP contribution is -2.32. The van der Waals surface area contributed by atoms with Gasteiger partial charge in [0.2, 0.25) is 0 Å². The maximum atomic E-state index is 11.4. The van der Waals surface area contributed by atoms with Gasteiger partial charge in [-0.25, -0.2) is 0 Å². The highest BCUT2D eigenvalue weighted by Crippen LogP contribution is 2.23. The van der Waals surface area contributed by atoms with Crippen LogP contribution in [-0.2, 0) is 0 Å². The predicted octanol–water partition coefficient (Wildman–Crippen LogP) is 1.06. The molecule has 0 aliphatic carbocycles. The fraction of sp³-hybridized carbons (Fsp3) is 0.111. The number of hydrogen-bond donors (Lipinski definition) is 3. The van der Waals surface area contributed by atoms with E-state index in [-0.39, 0.29) is 28.2 Å². The van der Waals surface area contributed by atoms with Crippen molar-refractivity contribution in [2.24, 2.45) is 5.73 Å². The maximum absolute atomic E-state index is 11.4. The average molecular weight is 245 g/mol. The van der Waals surface area contributed by atoms with Crippen molar-refractivity contribution in [3.8, 4) is 5.75 Å². The fourth-order valence-electron chi connectivity index (χ4n) is 0.918. The van der Waals surface area contributed by atoms with Crippen LogP contribution in [0.15, 0.2) is 18.2 Å². The standard InChI is InChI=1S/C9H9ClN2O2S/c10-6-3-5(1-2-7(6)13)9(14)12-4-8(11)15/h1-3,13H,4H2,(H2,11,15)(H,12,14). The van der Waals surface area contributed by atoms with Gasteiger partial charge in [0.25, 0.3) is 5.91 Å². The van der Waals surface area contributed by atoms with E-state index >= 15 is 0 Å². The molecule has 4 N–H and O–H groups in total. The van der Waals surface area contributed by atoms with Gasteiger partial charge in [-0.3, -0.25) is 4.79 Å². The van der Waals surface area contributed by atoms with Crippen molar-refractivity contribution in [3.63, 3.8) is 0 Å². The smallest absolute Gasteiger partial charge is 0.251 e. The van der Waals surface area contributed by atoms with Gasteiger partial charge in [0.05, 0.1) is 16.6 Å². The lowest BCUT2D eigenvalue weighted by molar-refractivity contribution is 0.0959. The minimum atomic E-state index is -0.343. The van der Waals surface area contributed by atoms with Gasteiger partial charge in [0.15, 0.2) is 0 Å². The van der Waals surface area contributed by atoms with E-state index in [0.29, 0.717) is 5.56 Å². The molecule has 0 radical (unpaired) electrons. The van der Waals surface area contributed by atoms with Crippen molar-refractivity contribution in [1.82, 2.24) is 5.32 Å². The summed E-state index contributed by atoms with van der Waals surface area (Å²) >= 11 is 10.2. The van der Waals surface area contributed by atoms with Gasteiger partial charge in [0, 0.05) is 5.56 Å². The number of aromatic hydroxyl groups is 1. The number of thiocarbonyl (C=S) groups is 1. The summed E-state index contributed by atoms with van der Waals surface area (Å²) in [6, 6.07) is 4.17. The van der Waals surface area contributed by atoms with Crippen molar-refractivity contribution >= 4 is 34.7 Å². The first-order chi connectivity index (χ1) is 7.00. The highest BCUT2D eigenvalue weighted by molar-refractivity contribution is 7.80. The van der Waals surface area contributed by atoms with E-state index in [2.05, 4.69) is 17.5 Å². The topological polar surface area (TPSA) is 75.3 Å². The molecule has 0 saturated heterocycles. The van der Waals surface area contributed by atoms with Crippen molar-refractivity contribution in [3.05, 3.63) is 28.8 Å². The average Bonchev–Trinajstić information content (AvgIpc) is 2.18. The number of amides is 1. The number of phenolic OH excluding ortho intramolecular Hbond substituents is 1. The molecule has 1 aromatic rings. The van der Waals surface area contributed by atoms with Crippen molar-refractivity contribution in [2.75, 3.05) is 6.54 Å². The van der Waals surface area contributed by atoms with Crippen LogP contribution in [-0.4, -0.2) is 22.5 Å². The quantitative estimate of drug-likeness (QED) is 0.695. The van der Waals surface area contributed by atoms with Crippen LogP contribution in [0.3, 0.4) is 0 Å². The van der Waals surface area contributed by atoms with Gasteiger partial charge in [-0.05, 0) is 18.2 Å². The summed E-state index contributed by atoms with van der Waals surface area (Å²) in [7, 11) is 0. The Morgan fingerprint density at radius 1 is 1.60 bits per heavy atom. The third kappa shape index (κ3) is 3.38.